The second-order valence-electron chi connectivity index (χ2n) is 5.20. The molecule has 0 radical (unpaired) electrons. The third kappa shape index (κ3) is 5.20. The molecule has 1 atom stereocenters. The van der Waals surface area contributed by atoms with E-state index < -0.39 is 0 Å². The zero-order valence-electron chi connectivity index (χ0n) is 12.2. The van der Waals surface area contributed by atoms with E-state index in [-0.39, 0.29) is 34.2 Å². The lowest BCUT2D eigenvalue weighted by Crippen LogP contribution is -2.43. The summed E-state index contributed by atoms with van der Waals surface area (Å²) in [5, 5.41) is 15.5. The van der Waals surface area contributed by atoms with Gasteiger partial charge >= 0.3 is 5.00 Å². The lowest BCUT2D eigenvalue weighted by atomic mass is 9.97. The SMILES string of the molecule is Cl.NCCNC(=O)C1CCCN(Cc2csc([N+](=O)[O-])c2)C1. The van der Waals surface area contributed by atoms with Crippen molar-refractivity contribution in [2.24, 2.45) is 11.7 Å². The minimum absolute atomic E-state index is 0. The molecule has 1 amide bonds. The van der Waals surface area contributed by atoms with Gasteiger partial charge in [-0.3, -0.25) is 19.8 Å². The molecule has 2 rings (SSSR count). The van der Waals surface area contributed by atoms with Crippen molar-refractivity contribution in [3.63, 3.8) is 0 Å². The molecule has 1 aromatic heterocycles. The third-order valence-electron chi connectivity index (χ3n) is 3.55. The number of rotatable bonds is 6. The van der Waals surface area contributed by atoms with Crippen LogP contribution in [0.25, 0.3) is 0 Å². The first-order valence-corrected chi connectivity index (χ1v) is 7.90. The molecule has 0 aromatic carbocycles. The number of thiophene rings is 1. The van der Waals surface area contributed by atoms with Crippen LogP contribution in [0.3, 0.4) is 0 Å². The van der Waals surface area contributed by atoms with Crippen molar-refractivity contribution in [2.75, 3.05) is 26.2 Å². The smallest absolute Gasteiger partial charge is 0.324 e. The molecule has 1 aromatic rings. The first kappa shape index (κ1) is 18.8. The van der Waals surface area contributed by atoms with Crippen LogP contribution in [0.1, 0.15) is 18.4 Å². The standard InChI is InChI=1S/C13H20N4O3S.ClH/c14-3-4-15-13(18)11-2-1-5-16(8-11)7-10-6-12(17(19)20)21-9-10;/h6,9,11H,1-5,7-8,14H2,(H,15,18);1H. The van der Waals surface area contributed by atoms with E-state index >= 15 is 0 Å². The van der Waals surface area contributed by atoms with E-state index in [1.165, 1.54) is 0 Å². The highest BCUT2D eigenvalue weighted by Gasteiger charge is 2.25. The summed E-state index contributed by atoms with van der Waals surface area (Å²) in [6, 6.07) is 1.61. The maximum Gasteiger partial charge on any atom is 0.324 e. The van der Waals surface area contributed by atoms with Crippen molar-refractivity contribution in [1.29, 1.82) is 0 Å². The average Bonchev–Trinajstić information content (AvgIpc) is 2.94. The summed E-state index contributed by atoms with van der Waals surface area (Å²) in [6.45, 7) is 3.22. The first-order chi connectivity index (χ1) is 10.1. The van der Waals surface area contributed by atoms with Crippen LogP contribution >= 0.6 is 23.7 Å². The molecule has 0 saturated carbocycles. The van der Waals surface area contributed by atoms with E-state index in [4.69, 9.17) is 5.73 Å². The Balaban J connectivity index is 0.00000242. The molecule has 0 bridgehead atoms. The summed E-state index contributed by atoms with van der Waals surface area (Å²) >= 11 is 1.15. The normalized spacial score (nSPS) is 18.5. The summed E-state index contributed by atoms with van der Waals surface area (Å²) in [7, 11) is 0. The van der Waals surface area contributed by atoms with E-state index in [0.29, 0.717) is 26.2 Å². The highest BCUT2D eigenvalue weighted by molar-refractivity contribution is 7.13. The van der Waals surface area contributed by atoms with E-state index in [1.54, 1.807) is 6.07 Å². The van der Waals surface area contributed by atoms with Crippen molar-refractivity contribution < 1.29 is 9.72 Å². The molecule has 1 fully saturated rings. The summed E-state index contributed by atoms with van der Waals surface area (Å²) < 4.78 is 0. The number of likely N-dealkylation sites (tertiary alicyclic amines) is 1. The van der Waals surface area contributed by atoms with Gasteiger partial charge in [-0.15, -0.1) is 12.4 Å². The largest absolute Gasteiger partial charge is 0.355 e. The number of carbonyl (C=O) groups is 1. The maximum absolute atomic E-state index is 12.0. The Hall–Kier alpha value is -1.22. The van der Waals surface area contributed by atoms with Gasteiger partial charge in [-0.25, -0.2) is 0 Å². The molecule has 1 aliphatic rings. The second-order valence-corrected chi connectivity index (χ2v) is 6.09. The monoisotopic (exact) mass is 348 g/mol. The zero-order chi connectivity index (χ0) is 15.2. The van der Waals surface area contributed by atoms with Gasteiger partial charge in [0.05, 0.1) is 10.8 Å². The fraction of sp³-hybridized carbons (Fsp3) is 0.615. The van der Waals surface area contributed by atoms with Crippen LogP contribution in [0.2, 0.25) is 0 Å². The van der Waals surface area contributed by atoms with Gasteiger partial charge in [-0.05, 0) is 24.9 Å². The fourth-order valence-corrected chi connectivity index (χ4v) is 3.27. The molecule has 9 heteroatoms. The van der Waals surface area contributed by atoms with Crippen LogP contribution in [-0.2, 0) is 11.3 Å². The predicted molar refractivity (Wildman–Crippen MR) is 88.3 cm³/mol. The molecule has 1 saturated heterocycles. The lowest BCUT2D eigenvalue weighted by molar-refractivity contribution is -0.380. The van der Waals surface area contributed by atoms with Gasteiger partial charge in [0.1, 0.15) is 0 Å². The molecule has 124 valence electrons. The van der Waals surface area contributed by atoms with E-state index in [0.717, 1.165) is 36.3 Å². The summed E-state index contributed by atoms with van der Waals surface area (Å²) in [6.07, 6.45) is 1.85. The fourth-order valence-electron chi connectivity index (χ4n) is 2.55. The van der Waals surface area contributed by atoms with Crippen molar-refractivity contribution in [3.8, 4) is 0 Å². The van der Waals surface area contributed by atoms with Gasteiger partial charge in [0, 0.05) is 37.6 Å². The Bertz CT molecular complexity index is 511. The van der Waals surface area contributed by atoms with Gasteiger partial charge in [-0.1, -0.05) is 11.3 Å². The number of nitrogens with one attached hydrogen (secondary N) is 1. The molecule has 3 N–H and O–H groups in total. The lowest BCUT2D eigenvalue weighted by Gasteiger charge is -2.31. The highest BCUT2D eigenvalue weighted by atomic mass is 35.5. The Morgan fingerprint density at radius 3 is 3.00 bits per heavy atom. The van der Waals surface area contributed by atoms with E-state index in [9.17, 15) is 14.9 Å². The topological polar surface area (TPSA) is 102 Å². The number of nitro groups is 1. The Morgan fingerprint density at radius 1 is 1.59 bits per heavy atom. The molecular weight excluding hydrogens is 328 g/mol. The number of amides is 1. The zero-order valence-corrected chi connectivity index (χ0v) is 13.8. The third-order valence-corrected chi connectivity index (χ3v) is 4.47. The Kier molecular flexibility index (Phi) is 7.74. The number of nitrogens with zero attached hydrogens (tertiary/aromatic N) is 2. The van der Waals surface area contributed by atoms with Gasteiger partial charge in [0.2, 0.25) is 5.91 Å². The van der Waals surface area contributed by atoms with E-state index in [1.807, 2.05) is 5.38 Å². The number of piperidine rings is 1. The van der Waals surface area contributed by atoms with Crippen LogP contribution in [0.4, 0.5) is 5.00 Å². The van der Waals surface area contributed by atoms with Gasteiger partial charge in [-0.2, -0.15) is 0 Å². The van der Waals surface area contributed by atoms with Crippen LogP contribution in [0.5, 0.6) is 0 Å². The van der Waals surface area contributed by atoms with Crippen LogP contribution in [-0.4, -0.2) is 41.9 Å². The summed E-state index contributed by atoms with van der Waals surface area (Å²) in [4.78, 5) is 24.5. The van der Waals surface area contributed by atoms with Gasteiger partial charge in [0.15, 0.2) is 0 Å². The van der Waals surface area contributed by atoms with Crippen LogP contribution in [0.15, 0.2) is 11.4 Å². The maximum atomic E-state index is 12.0. The molecule has 7 nitrogen and oxygen atoms in total. The van der Waals surface area contributed by atoms with Crippen LogP contribution in [0, 0.1) is 16.0 Å². The molecule has 0 aliphatic carbocycles. The Labute approximate surface area is 139 Å². The molecule has 1 aliphatic heterocycles. The minimum Gasteiger partial charge on any atom is -0.355 e. The minimum atomic E-state index is -0.368. The summed E-state index contributed by atoms with van der Waals surface area (Å²) in [5.74, 6) is 0.0420. The number of carbonyl (C=O) groups excluding carboxylic acids is 1. The Morgan fingerprint density at radius 2 is 2.36 bits per heavy atom. The second kappa shape index (κ2) is 9.04. The van der Waals surface area contributed by atoms with E-state index in [2.05, 4.69) is 10.2 Å². The summed E-state index contributed by atoms with van der Waals surface area (Å²) in [5.41, 5.74) is 6.32. The van der Waals surface area contributed by atoms with Crippen LogP contribution < -0.4 is 11.1 Å². The van der Waals surface area contributed by atoms with Crippen molar-refractivity contribution in [2.45, 2.75) is 19.4 Å². The van der Waals surface area contributed by atoms with Gasteiger partial charge < -0.3 is 11.1 Å². The van der Waals surface area contributed by atoms with Crippen molar-refractivity contribution in [3.05, 3.63) is 27.1 Å². The number of hydrogen-bond donors (Lipinski definition) is 2. The number of hydrogen-bond acceptors (Lipinski definition) is 6. The molecule has 0 spiro atoms. The van der Waals surface area contributed by atoms with Crippen molar-refractivity contribution >= 4 is 34.7 Å². The quantitative estimate of drug-likeness (QED) is 0.597. The number of nitrogens with two attached hydrogens (primary N) is 1. The average molecular weight is 349 g/mol. The number of halogens is 1. The molecule has 1 unspecified atom stereocenters. The molecule has 2 heterocycles. The highest BCUT2D eigenvalue weighted by Crippen LogP contribution is 2.25. The molecule has 22 heavy (non-hydrogen) atoms. The first-order valence-electron chi connectivity index (χ1n) is 7.02. The van der Waals surface area contributed by atoms with Crippen molar-refractivity contribution in [1.82, 2.24) is 10.2 Å². The van der Waals surface area contributed by atoms with Gasteiger partial charge in [0.25, 0.3) is 0 Å². The predicted octanol–water partition coefficient (Wildman–Crippen LogP) is 1.37. The molecular formula is C13H21ClN4O3S.